The summed E-state index contributed by atoms with van der Waals surface area (Å²) in [7, 11) is 0. The van der Waals surface area contributed by atoms with Gasteiger partial charge in [-0.3, -0.25) is 4.79 Å². The monoisotopic (exact) mass is 343 g/mol. The Morgan fingerprint density at radius 2 is 2.17 bits per heavy atom. The Balaban J connectivity index is 2.28. The summed E-state index contributed by atoms with van der Waals surface area (Å²) >= 11 is 1.62. The van der Waals surface area contributed by atoms with Gasteiger partial charge in [-0.2, -0.15) is 0 Å². The molecule has 0 aliphatic heterocycles. The third kappa shape index (κ3) is 3.12. The van der Waals surface area contributed by atoms with Gasteiger partial charge in [-0.05, 0) is 73.5 Å². The number of thioether (sulfide) groups is 1. The molecule has 3 rings (SSSR count). The first-order valence-electron chi connectivity index (χ1n) is 8.70. The number of hydrogen-bond donors (Lipinski definition) is 1. The SMILES string of the molecule is CCCOc1cc2c(c3c(=O)c(/C(C)=C/SC)c[nH]c13)CCCC2. The Kier molecular flexibility index (Phi) is 5.34. The van der Waals surface area contributed by atoms with E-state index in [1.807, 2.05) is 24.8 Å². The van der Waals surface area contributed by atoms with Gasteiger partial charge in [0.2, 0.25) is 0 Å². The molecule has 2 aromatic rings. The fourth-order valence-electron chi connectivity index (χ4n) is 3.48. The Hall–Kier alpha value is -1.68. The minimum Gasteiger partial charge on any atom is -0.491 e. The molecule has 24 heavy (non-hydrogen) atoms. The molecule has 0 radical (unpaired) electrons. The van der Waals surface area contributed by atoms with E-state index in [-0.39, 0.29) is 5.43 Å². The molecule has 1 N–H and O–H groups in total. The molecule has 0 fully saturated rings. The molecule has 0 unspecified atom stereocenters. The summed E-state index contributed by atoms with van der Waals surface area (Å²) < 4.78 is 5.95. The topological polar surface area (TPSA) is 42.1 Å². The van der Waals surface area contributed by atoms with Crippen molar-refractivity contribution in [1.82, 2.24) is 4.98 Å². The molecule has 4 heteroatoms. The smallest absolute Gasteiger partial charge is 0.197 e. The Morgan fingerprint density at radius 1 is 1.38 bits per heavy atom. The predicted molar refractivity (Wildman–Crippen MR) is 104 cm³/mol. The zero-order valence-corrected chi connectivity index (χ0v) is 15.5. The second-order valence-electron chi connectivity index (χ2n) is 6.39. The van der Waals surface area contributed by atoms with Crippen molar-refractivity contribution in [3.63, 3.8) is 0 Å². The lowest BCUT2D eigenvalue weighted by Gasteiger charge is -2.20. The number of pyridine rings is 1. The molecule has 0 saturated carbocycles. The van der Waals surface area contributed by atoms with E-state index < -0.39 is 0 Å². The lowest BCUT2D eigenvalue weighted by Crippen LogP contribution is -2.15. The summed E-state index contributed by atoms with van der Waals surface area (Å²) in [6.07, 6.45) is 9.17. The molecule has 128 valence electrons. The maximum atomic E-state index is 13.2. The van der Waals surface area contributed by atoms with E-state index in [2.05, 4.69) is 18.0 Å². The van der Waals surface area contributed by atoms with E-state index in [9.17, 15) is 4.79 Å². The molecule has 0 atom stereocenters. The minimum absolute atomic E-state index is 0.131. The number of nitrogens with one attached hydrogen (secondary N) is 1. The van der Waals surface area contributed by atoms with Crippen LogP contribution in [0.1, 0.15) is 49.8 Å². The highest BCUT2D eigenvalue weighted by atomic mass is 32.2. The van der Waals surface area contributed by atoms with Crippen molar-refractivity contribution in [2.24, 2.45) is 0 Å². The third-order valence-electron chi connectivity index (χ3n) is 4.63. The van der Waals surface area contributed by atoms with Gasteiger partial charge in [0, 0.05) is 11.8 Å². The van der Waals surface area contributed by atoms with E-state index >= 15 is 0 Å². The number of hydrogen-bond acceptors (Lipinski definition) is 3. The summed E-state index contributed by atoms with van der Waals surface area (Å²) in [6.45, 7) is 4.76. The molecule has 3 nitrogen and oxygen atoms in total. The van der Waals surface area contributed by atoms with E-state index in [0.717, 1.165) is 53.5 Å². The Labute approximate surface area is 147 Å². The van der Waals surface area contributed by atoms with Gasteiger partial charge >= 0.3 is 0 Å². The quantitative estimate of drug-likeness (QED) is 0.838. The summed E-state index contributed by atoms with van der Waals surface area (Å²) in [5, 5.41) is 2.87. The highest BCUT2D eigenvalue weighted by molar-refractivity contribution is 8.01. The van der Waals surface area contributed by atoms with Crippen LogP contribution in [0, 0.1) is 0 Å². The first kappa shape index (κ1) is 17.2. The van der Waals surface area contributed by atoms with E-state index in [0.29, 0.717) is 6.61 Å². The maximum absolute atomic E-state index is 13.2. The van der Waals surface area contributed by atoms with Crippen molar-refractivity contribution < 1.29 is 4.74 Å². The van der Waals surface area contributed by atoms with Gasteiger partial charge in [-0.15, -0.1) is 11.8 Å². The Morgan fingerprint density at radius 3 is 2.92 bits per heavy atom. The summed E-state index contributed by atoms with van der Waals surface area (Å²) in [5.41, 5.74) is 5.27. The zero-order valence-electron chi connectivity index (χ0n) is 14.7. The van der Waals surface area contributed by atoms with Gasteiger partial charge in [-0.25, -0.2) is 0 Å². The number of fused-ring (bicyclic) bond motifs is 3. The first-order chi connectivity index (χ1) is 11.7. The van der Waals surface area contributed by atoms with Crippen molar-refractivity contribution in [2.45, 2.75) is 46.0 Å². The molecule has 0 saturated heterocycles. The molecular formula is C20H25NO2S. The largest absolute Gasteiger partial charge is 0.491 e. The Bertz CT molecular complexity index is 836. The van der Waals surface area contributed by atoms with E-state index in [1.165, 1.54) is 17.5 Å². The van der Waals surface area contributed by atoms with Crippen LogP contribution in [0.2, 0.25) is 0 Å². The second kappa shape index (κ2) is 7.47. The van der Waals surface area contributed by atoms with Crippen LogP contribution in [0.4, 0.5) is 0 Å². The van der Waals surface area contributed by atoms with Crippen LogP contribution in [0.3, 0.4) is 0 Å². The van der Waals surface area contributed by atoms with Crippen LogP contribution >= 0.6 is 11.8 Å². The molecule has 1 aromatic carbocycles. The number of rotatable bonds is 5. The van der Waals surface area contributed by atoms with Crippen LogP contribution in [0.15, 0.2) is 22.5 Å². The third-order valence-corrected chi connectivity index (χ3v) is 5.22. The van der Waals surface area contributed by atoms with Crippen LogP contribution in [-0.2, 0) is 12.8 Å². The second-order valence-corrected chi connectivity index (χ2v) is 7.09. The molecule has 0 amide bonds. The molecule has 1 heterocycles. The van der Waals surface area contributed by atoms with Gasteiger partial charge in [0.15, 0.2) is 5.43 Å². The van der Waals surface area contributed by atoms with Crippen LogP contribution in [-0.4, -0.2) is 17.8 Å². The number of benzene rings is 1. The van der Waals surface area contributed by atoms with Crippen molar-refractivity contribution in [1.29, 1.82) is 0 Å². The van der Waals surface area contributed by atoms with Crippen LogP contribution < -0.4 is 10.2 Å². The lowest BCUT2D eigenvalue weighted by atomic mass is 9.87. The van der Waals surface area contributed by atoms with Crippen molar-refractivity contribution in [2.75, 3.05) is 12.9 Å². The highest BCUT2D eigenvalue weighted by Gasteiger charge is 2.20. The summed E-state index contributed by atoms with van der Waals surface area (Å²) in [6, 6.07) is 2.15. The molecule has 1 aliphatic rings. The fourth-order valence-corrected chi connectivity index (χ4v) is 3.96. The number of allylic oxidation sites excluding steroid dienone is 1. The summed E-state index contributed by atoms with van der Waals surface area (Å²) in [4.78, 5) is 16.6. The highest BCUT2D eigenvalue weighted by Crippen LogP contribution is 2.33. The van der Waals surface area contributed by atoms with Gasteiger partial charge in [0.05, 0.1) is 17.5 Å². The van der Waals surface area contributed by atoms with Gasteiger partial charge < -0.3 is 9.72 Å². The number of aromatic nitrogens is 1. The van der Waals surface area contributed by atoms with Gasteiger partial charge in [0.1, 0.15) is 5.75 Å². The zero-order chi connectivity index (χ0) is 17.1. The van der Waals surface area contributed by atoms with Crippen LogP contribution in [0.25, 0.3) is 16.5 Å². The molecule has 0 bridgehead atoms. The summed E-state index contributed by atoms with van der Waals surface area (Å²) in [5.74, 6) is 0.822. The van der Waals surface area contributed by atoms with Crippen LogP contribution in [0.5, 0.6) is 5.75 Å². The van der Waals surface area contributed by atoms with Crippen molar-refractivity contribution in [3.05, 3.63) is 44.6 Å². The molecule has 1 aliphatic carbocycles. The molecular weight excluding hydrogens is 318 g/mol. The number of aryl methyl sites for hydroxylation is 2. The number of aromatic amines is 1. The maximum Gasteiger partial charge on any atom is 0.197 e. The molecule has 0 spiro atoms. The van der Waals surface area contributed by atoms with E-state index in [1.54, 1.807) is 11.8 Å². The van der Waals surface area contributed by atoms with E-state index in [4.69, 9.17) is 4.74 Å². The average Bonchev–Trinajstić information content (AvgIpc) is 2.59. The number of H-pyrrole nitrogens is 1. The van der Waals surface area contributed by atoms with Crippen molar-refractivity contribution >= 4 is 28.2 Å². The van der Waals surface area contributed by atoms with Gasteiger partial charge in [-0.1, -0.05) is 6.92 Å². The minimum atomic E-state index is 0.131. The van der Waals surface area contributed by atoms with Gasteiger partial charge in [0.25, 0.3) is 0 Å². The molecule has 1 aromatic heterocycles. The normalized spacial score (nSPS) is 14.7. The standard InChI is InChI=1S/C20H25NO2S/c1-4-9-23-17-10-14-7-5-6-8-15(14)18-19(17)21-11-16(20(18)22)13(2)12-24-3/h10-12H,4-9H2,1-3H3,(H,21,22)/b13-12+. The average molecular weight is 343 g/mol. The predicted octanol–water partition coefficient (Wildman–Crippen LogP) is 4.92. The first-order valence-corrected chi connectivity index (χ1v) is 9.99. The lowest BCUT2D eigenvalue weighted by molar-refractivity contribution is 0.320. The fraction of sp³-hybridized carbons (Fsp3) is 0.450. The van der Waals surface area contributed by atoms with Crippen molar-refractivity contribution in [3.8, 4) is 5.75 Å². The number of ether oxygens (including phenoxy) is 1.